The molecule has 0 fully saturated rings. The molecule has 2 aromatic rings. The Morgan fingerprint density at radius 2 is 1.82 bits per heavy atom. The van der Waals surface area contributed by atoms with Crippen LogP contribution < -0.4 is 10.6 Å². The van der Waals surface area contributed by atoms with Crippen molar-refractivity contribution in [2.24, 2.45) is 0 Å². The lowest BCUT2D eigenvalue weighted by Crippen LogP contribution is -2.20. The number of hydrogen-bond acceptors (Lipinski definition) is 3. The van der Waals surface area contributed by atoms with Gasteiger partial charge in [-0.2, -0.15) is 0 Å². The van der Waals surface area contributed by atoms with E-state index in [1.165, 1.54) is 21.2 Å². The first-order chi connectivity index (χ1) is 8.29. The predicted molar refractivity (Wildman–Crippen MR) is 74.1 cm³/mol. The molecule has 0 atom stereocenters. The maximum Gasteiger partial charge on any atom is 0.0573 e. The topological polar surface area (TPSA) is 29.3 Å². The number of para-hydroxylation sites is 1. The molecule has 3 rings (SSSR count). The number of fused-ring (bicyclic) bond motifs is 2. The zero-order valence-corrected chi connectivity index (χ0v) is 10.5. The van der Waals surface area contributed by atoms with Crippen LogP contribution in [-0.4, -0.2) is 6.54 Å². The molecular weight excluding hydrogens is 228 g/mol. The van der Waals surface area contributed by atoms with Crippen molar-refractivity contribution in [1.29, 1.82) is 0 Å². The highest BCUT2D eigenvalue weighted by atomic mass is 32.2. The van der Waals surface area contributed by atoms with Crippen LogP contribution in [0.15, 0.2) is 52.3 Å². The Kier molecular flexibility index (Phi) is 2.48. The molecule has 0 aliphatic carbocycles. The largest absolute Gasteiger partial charge is 0.399 e. The van der Waals surface area contributed by atoms with Crippen LogP contribution in [0.4, 0.5) is 17.1 Å². The Balaban J connectivity index is 2.19. The quantitative estimate of drug-likeness (QED) is 0.769. The van der Waals surface area contributed by atoms with Crippen LogP contribution in [-0.2, 0) is 0 Å². The van der Waals surface area contributed by atoms with Gasteiger partial charge in [0.2, 0.25) is 0 Å². The van der Waals surface area contributed by atoms with E-state index < -0.39 is 0 Å². The first-order valence-electron chi connectivity index (χ1n) is 5.73. The molecule has 0 saturated heterocycles. The molecule has 0 saturated carbocycles. The third kappa shape index (κ3) is 1.67. The fourth-order valence-electron chi connectivity index (χ4n) is 2.19. The molecule has 1 aliphatic rings. The highest BCUT2D eigenvalue weighted by molar-refractivity contribution is 7.99. The summed E-state index contributed by atoms with van der Waals surface area (Å²) in [5.41, 5.74) is 9.20. The zero-order chi connectivity index (χ0) is 11.8. The minimum absolute atomic E-state index is 0.821. The van der Waals surface area contributed by atoms with E-state index in [2.05, 4.69) is 48.2 Å². The lowest BCUT2D eigenvalue weighted by atomic mass is 10.2. The smallest absolute Gasteiger partial charge is 0.0573 e. The van der Waals surface area contributed by atoms with E-state index in [0.29, 0.717) is 0 Å². The molecule has 1 heterocycles. The number of benzene rings is 2. The number of nitrogens with two attached hydrogens (primary N) is 1. The van der Waals surface area contributed by atoms with Crippen LogP contribution in [0.1, 0.15) is 6.92 Å². The molecule has 0 spiro atoms. The van der Waals surface area contributed by atoms with E-state index in [-0.39, 0.29) is 0 Å². The minimum atomic E-state index is 0.821. The van der Waals surface area contributed by atoms with Gasteiger partial charge in [-0.3, -0.25) is 0 Å². The van der Waals surface area contributed by atoms with Crippen LogP contribution in [0.3, 0.4) is 0 Å². The van der Waals surface area contributed by atoms with Gasteiger partial charge in [-0.05, 0) is 37.3 Å². The Labute approximate surface area is 105 Å². The normalized spacial score (nSPS) is 13.1. The number of nitrogens with zero attached hydrogens (tertiary/aromatic N) is 1. The molecule has 0 aromatic heterocycles. The number of nitrogen functional groups attached to an aromatic ring is 1. The van der Waals surface area contributed by atoms with Gasteiger partial charge in [-0.1, -0.05) is 23.9 Å². The number of rotatable bonds is 1. The molecule has 0 radical (unpaired) electrons. The van der Waals surface area contributed by atoms with E-state index in [1.807, 2.05) is 17.8 Å². The predicted octanol–water partition coefficient (Wildman–Crippen LogP) is 3.89. The molecule has 0 bridgehead atoms. The lowest BCUT2D eigenvalue weighted by molar-refractivity contribution is 0.980. The highest BCUT2D eigenvalue weighted by Crippen LogP contribution is 2.48. The second kappa shape index (κ2) is 4.00. The summed E-state index contributed by atoms with van der Waals surface area (Å²) in [6.07, 6.45) is 0. The maximum atomic E-state index is 5.88. The SMILES string of the molecule is CCN1c2ccccc2Sc2ccc(N)cc21. The number of hydrogen-bond donors (Lipinski definition) is 1. The van der Waals surface area contributed by atoms with Crippen molar-refractivity contribution in [3.63, 3.8) is 0 Å². The Bertz CT molecular complexity index is 566. The van der Waals surface area contributed by atoms with Crippen LogP contribution in [0.2, 0.25) is 0 Å². The van der Waals surface area contributed by atoms with E-state index >= 15 is 0 Å². The van der Waals surface area contributed by atoms with Gasteiger partial charge in [0.25, 0.3) is 0 Å². The monoisotopic (exact) mass is 242 g/mol. The van der Waals surface area contributed by atoms with Crippen molar-refractivity contribution in [1.82, 2.24) is 0 Å². The zero-order valence-electron chi connectivity index (χ0n) is 9.68. The number of anilines is 3. The third-order valence-corrected chi connectivity index (χ3v) is 4.10. The summed E-state index contributed by atoms with van der Waals surface area (Å²) >= 11 is 1.81. The molecule has 3 heteroatoms. The molecule has 0 unspecified atom stereocenters. The van der Waals surface area contributed by atoms with Gasteiger partial charge in [0, 0.05) is 22.0 Å². The van der Waals surface area contributed by atoms with E-state index in [0.717, 1.165) is 12.2 Å². The van der Waals surface area contributed by atoms with E-state index in [9.17, 15) is 0 Å². The standard InChI is InChI=1S/C14H14N2S/c1-2-16-11-5-3-4-6-13(11)17-14-8-7-10(15)9-12(14)16/h3-9H,2,15H2,1H3. The molecule has 86 valence electrons. The first kappa shape index (κ1) is 10.5. The van der Waals surface area contributed by atoms with Crippen LogP contribution >= 0.6 is 11.8 Å². The molecule has 2 nitrogen and oxygen atoms in total. The van der Waals surface area contributed by atoms with Gasteiger partial charge in [0.05, 0.1) is 11.4 Å². The molecule has 2 aromatic carbocycles. The van der Waals surface area contributed by atoms with Crippen LogP contribution in [0.5, 0.6) is 0 Å². The Morgan fingerprint density at radius 3 is 2.65 bits per heavy atom. The average molecular weight is 242 g/mol. The van der Waals surface area contributed by atoms with E-state index in [4.69, 9.17) is 5.73 Å². The second-order valence-corrected chi connectivity index (χ2v) is 5.12. The third-order valence-electron chi connectivity index (χ3n) is 2.97. The summed E-state index contributed by atoms with van der Waals surface area (Å²) in [4.78, 5) is 4.91. The minimum Gasteiger partial charge on any atom is -0.399 e. The van der Waals surface area contributed by atoms with Crippen molar-refractivity contribution < 1.29 is 0 Å². The fourth-order valence-corrected chi connectivity index (χ4v) is 3.26. The summed E-state index contributed by atoms with van der Waals surface area (Å²) in [5.74, 6) is 0. The van der Waals surface area contributed by atoms with E-state index in [1.54, 1.807) is 0 Å². The van der Waals surface area contributed by atoms with Crippen LogP contribution in [0.25, 0.3) is 0 Å². The van der Waals surface area contributed by atoms with Gasteiger partial charge < -0.3 is 10.6 Å². The summed E-state index contributed by atoms with van der Waals surface area (Å²) in [6, 6.07) is 14.6. The molecule has 0 amide bonds. The van der Waals surface area contributed by atoms with Gasteiger partial charge in [0.1, 0.15) is 0 Å². The summed E-state index contributed by atoms with van der Waals surface area (Å²) in [6.45, 7) is 3.12. The van der Waals surface area contributed by atoms with Crippen LogP contribution in [0, 0.1) is 0 Å². The lowest BCUT2D eigenvalue weighted by Gasteiger charge is -2.31. The van der Waals surface area contributed by atoms with Crippen molar-refractivity contribution >= 4 is 28.8 Å². The average Bonchev–Trinajstić information content (AvgIpc) is 2.36. The van der Waals surface area contributed by atoms with Crippen molar-refractivity contribution in [2.75, 3.05) is 17.2 Å². The van der Waals surface area contributed by atoms with Crippen molar-refractivity contribution in [3.8, 4) is 0 Å². The highest BCUT2D eigenvalue weighted by Gasteiger charge is 2.21. The first-order valence-corrected chi connectivity index (χ1v) is 6.55. The Hall–Kier alpha value is -1.61. The summed E-state index contributed by atoms with van der Waals surface area (Å²) in [7, 11) is 0. The van der Waals surface area contributed by atoms with Gasteiger partial charge >= 0.3 is 0 Å². The molecule has 2 N–H and O–H groups in total. The fraction of sp³-hybridized carbons (Fsp3) is 0.143. The van der Waals surface area contributed by atoms with Gasteiger partial charge in [-0.25, -0.2) is 0 Å². The molecule has 1 aliphatic heterocycles. The van der Waals surface area contributed by atoms with Crippen molar-refractivity contribution in [2.45, 2.75) is 16.7 Å². The summed E-state index contributed by atoms with van der Waals surface area (Å²) < 4.78 is 0. The second-order valence-electron chi connectivity index (χ2n) is 4.04. The molecular formula is C14H14N2S. The Morgan fingerprint density at radius 1 is 1.06 bits per heavy atom. The molecule has 17 heavy (non-hydrogen) atoms. The maximum absolute atomic E-state index is 5.88. The van der Waals surface area contributed by atoms with Gasteiger partial charge in [-0.15, -0.1) is 0 Å². The van der Waals surface area contributed by atoms with Gasteiger partial charge in [0.15, 0.2) is 0 Å². The summed E-state index contributed by atoms with van der Waals surface area (Å²) in [5, 5.41) is 0. The van der Waals surface area contributed by atoms with Crippen molar-refractivity contribution in [3.05, 3.63) is 42.5 Å².